The van der Waals surface area contributed by atoms with Crippen LogP contribution in [0.4, 0.5) is 5.69 Å². The standard InChI is InChI=1S/C28H25ClN4O2/c1-19(34)32-15-14-21-16-22(10-13-26(21)32)28(35)31(2)17-23-18-33(25-6-4-3-5-7-25)30-27(23)20-8-11-24(29)12-9-20/h3-13,16,18H,14-15,17H2,1-2H3. The number of amides is 2. The summed E-state index contributed by atoms with van der Waals surface area (Å²) in [5.41, 5.74) is 6.13. The quantitative estimate of drug-likeness (QED) is 0.382. The van der Waals surface area contributed by atoms with Crippen molar-refractivity contribution in [1.29, 1.82) is 0 Å². The van der Waals surface area contributed by atoms with Gasteiger partial charge in [0.05, 0.1) is 11.4 Å². The molecule has 7 heteroatoms. The van der Waals surface area contributed by atoms with E-state index in [1.165, 1.54) is 0 Å². The third-order valence-electron chi connectivity index (χ3n) is 6.28. The van der Waals surface area contributed by atoms with Crippen molar-refractivity contribution < 1.29 is 9.59 Å². The highest BCUT2D eigenvalue weighted by Crippen LogP contribution is 2.30. The summed E-state index contributed by atoms with van der Waals surface area (Å²) in [4.78, 5) is 28.6. The molecule has 2 heterocycles. The Hall–Kier alpha value is -3.90. The SMILES string of the molecule is CC(=O)N1CCc2cc(C(=O)N(C)Cc3cn(-c4ccccc4)nc3-c3ccc(Cl)cc3)ccc21. The van der Waals surface area contributed by atoms with Crippen molar-refractivity contribution in [1.82, 2.24) is 14.7 Å². The van der Waals surface area contributed by atoms with Gasteiger partial charge in [-0.05, 0) is 54.4 Å². The molecule has 176 valence electrons. The Kier molecular flexibility index (Phi) is 6.14. The number of carbonyl (C=O) groups is 2. The third-order valence-corrected chi connectivity index (χ3v) is 6.54. The molecule has 0 spiro atoms. The van der Waals surface area contributed by atoms with Crippen molar-refractivity contribution in [2.45, 2.75) is 19.9 Å². The fourth-order valence-corrected chi connectivity index (χ4v) is 4.62. The van der Waals surface area contributed by atoms with Crippen LogP contribution in [0.1, 0.15) is 28.4 Å². The van der Waals surface area contributed by atoms with Gasteiger partial charge in [0.15, 0.2) is 0 Å². The first-order valence-electron chi connectivity index (χ1n) is 11.5. The summed E-state index contributed by atoms with van der Waals surface area (Å²) in [5, 5.41) is 5.49. The highest BCUT2D eigenvalue weighted by Gasteiger charge is 2.24. The van der Waals surface area contributed by atoms with Crippen LogP contribution in [0.5, 0.6) is 0 Å². The van der Waals surface area contributed by atoms with E-state index >= 15 is 0 Å². The lowest BCUT2D eigenvalue weighted by atomic mass is 10.1. The van der Waals surface area contributed by atoms with E-state index < -0.39 is 0 Å². The maximum atomic E-state index is 13.3. The second-order valence-electron chi connectivity index (χ2n) is 8.72. The van der Waals surface area contributed by atoms with Gasteiger partial charge in [0.25, 0.3) is 5.91 Å². The van der Waals surface area contributed by atoms with Gasteiger partial charge >= 0.3 is 0 Å². The Balaban J connectivity index is 1.44. The predicted octanol–water partition coefficient (Wildman–Crippen LogP) is 5.37. The van der Waals surface area contributed by atoms with Crippen molar-refractivity contribution in [2.75, 3.05) is 18.5 Å². The summed E-state index contributed by atoms with van der Waals surface area (Å²) in [5.74, 6) is -0.0614. The zero-order valence-corrected chi connectivity index (χ0v) is 20.4. The molecule has 4 aromatic rings. The predicted molar refractivity (Wildman–Crippen MR) is 138 cm³/mol. The van der Waals surface area contributed by atoms with Gasteiger partial charge in [-0.15, -0.1) is 0 Å². The topological polar surface area (TPSA) is 58.4 Å². The van der Waals surface area contributed by atoms with Crippen LogP contribution in [0, 0.1) is 0 Å². The van der Waals surface area contributed by atoms with E-state index in [1.54, 1.807) is 29.8 Å². The molecule has 1 aliphatic heterocycles. The molecule has 5 rings (SSSR count). The molecule has 0 unspecified atom stereocenters. The molecule has 0 saturated heterocycles. The van der Waals surface area contributed by atoms with Gasteiger partial charge in [-0.25, -0.2) is 4.68 Å². The zero-order chi connectivity index (χ0) is 24.5. The normalized spacial score (nSPS) is 12.5. The lowest BCUT2D eigenvalue weighted by Crippen LogP contribution is -2.27. The Morgan fingerprint density at radius 3 is 2.49 bits per heavy atom. The molecule has 0 saturated carbocycles. The van der Waals surface area contributed by atoms with Gasteiger partial charge < -0.3 is 9.80 Å². The third kappa shape index (κ3) is 4.57. The van der Waals surface area contributed by atoms with Gasteiger partial charge in [0, 0.05) is 60.7 Å². The highest BCUT2D eigenvalue weighted by atomic mass is 35.5. The molecule has 0 fully saturated rings. The second kappa shape index (κ2) is 9.39. The van der Waals surface area contributed by atoms with Crippen LogP contribution >= 0.6 is 11.6 Å². The van der Waals surface area contributed by atoms with Crippen molar-refractivity contribution in [2.24, 2.45) is 0 Å². The van der Waals surface area contributed by atoms with E-state index in [2.05, 4.69) is 0 Å². The largest absolute Gasteiger partial charge is 0.337 e. The van der Waals surface area contributed by atoms with E-state index in [0.717, 1.165) is 40.2 Å². The molecule has 0 radical (unpaired) electrons. The minimum absolute atomic E-state index is 0.0186. The van der Waals surface area contributed by atoms with Crippen LogP contribution < -0.4 is 4.90 Å². The molecule has 0 aliphatic carbocycles. The molecule has 3 aromatic carbocycles. The molecule has 1 aromatic heterocycles. The Bertz CT molecular complexity index is 1400. The average molecular weight is 485 g/mol. The van der Waals surface area contributed by atoms with E-state index in [9.17, 15) is 9.59 Å². The first kappa shape index (κ1) is 22.9. The van der Waals surface area contributed by atoms with Crippen LogP contribution in [-0.4, -0.2) is 40.1 Å². The smallest absolute Gasteiger partial charge is 0.253 e. The average Bonchev–Trinajstić information content (AvgIpc) is 3.49. The van der Waals surface area contributed by atoms with Gasteiger partial charge in [0.1, 0.15) is 0 Å². The summed E-state index contributed by atoms with van der Waals surface area (Å²) in [6, 6.07) is 23.0. The van der Waals surface area contributed by atoms with Crippen LogP contribution in [0.25, 0.3) is 16.9 Å². The Labute approximate surface area is 209 Å². The van der Waals surface area contributed by atoms with Crippen molar-refractivity contribution in [3.05, 3.63) is 101 Å². The molecule has 2 amide bonds. The molecule has 0 bridgehead atoms. The summed E-state index contributed by atoms with van der Waals surface area (Å²) in [6.45, 7) is 2.61. The number of anilines is 1. The fourth-order valence-electron chi connectivity index (χ4n) is 4.50. The van der Waals surface area contributed by atoms with E-state index in [4.69, 9.17) is 16.7 Å². The number of halogens is 1. The van der Waals surface area contributed by atoms with E-state index in [-0.39, 0.29) is 11.8 Å². The summed E-state index contributed by atoms with van der Waals surface area (Å²) >= 11 is 6.10. The summed E-state index contributed by atoms with van der Waals surface area (Å²) in [6.07, 6.45) is 2.72. The molecule has 0 N–H and O–H groups in total. The van der Waals surface area contributed by atoms with Gasteiger partial charge in [-0.1, -0.05) is 41.9 Å². The Morgan fingerprint density at radius 1 is 1.03 bits per heavy atom. The lowest BCUT2D eigenvalue weighted by molar-refractivity contribution is -0.116. The van der Waals surface area contributed by atoms with Crippen LogP contribution in [0.3, 0.4) is 0 Å². The monoisotopic (exact) mass is 484 g/mol. The van der Waals surface area contributed by atoms with Crippen LogP contribution in [0.2, 0.25) is 5.02 Å². The number of hydrogen-bond acceptors (Lipinski definition) is 3. The number of benzene rings is 3. The van der Waals surface area contributed by atoms with Crippen LogP contribution in [0.15, 0.2) is 79.0 Å². The first-order valence-corrected chi connectivity index (χ1v) is 11.8. The number of nitrogens with zero attached hydrogens (tertiary/aromatic N) is 4. The fraction of sp³-hybridized carbons (Fsp3) is 0.179. The molecular weight excluding hydrogens is 460 g/mol. The minimum Gasteiger partial charge on any atom is -0.337 e. The van der Waals surface area contributed by atoms with Crippen LogP contribution in [-0.2, 0) is 17.8 Å². The zero-order valence-electron chi connectivity index (χ0n) is 19.6. The number of rotatable bonds is 5. The van der Waals surface area contributed by atoms with Crippen molar-refractivity contribution in [3.8, 4) is 16.9 Å². The Morgan fingerprint density at radius 2 is 1.77 bits per heavy atom. The van der Waals surface area contributed by atoms with Crippen molar-refractivity contribution in [3.63, 3.8) is 0 Å². The molecule has 1 aliphatic rings. The second-order valence-corrected chi connectivity index (χ2v) is 9.15. The highest BCUT2D eigenvalue weighted by molar-refractivity contribution is 6.30. The number of aromatic nitrogens is 2. The molecule has 0 atom stereocenters. The number of carbonyl (C=O) groups excluding carboxylic acids is 2. The van der Waals surface area contributed by atoms with E-state index in [0.29, 0.717) is 23.7 Å². The number of fused-ring (bicyclic) bond motifs is 1. The molecule has 35 heavy (non-hydrogen) atoms. The summed E-state index contributed by atoms with van der Waals surface area (Å²) in [7, 11) is 1.79. The number of para-hydroxylation sites is 1. The maximum Gasteiger partial charge on any atom is 0.253 e. The lowest BCUT2D eigenvalue weighted by Gasteiger charge is -2.19. The van der Waals surface area contributed by atoms with Gasteiger partial charge in [-0.2, -0.15) is 5.10 Å². The molecular formula is C28H25ClN4O2. The first-order chi connectivity index (χ1) is 16.9. The summed E-state index contributed by atoms with van der Waals surface area (Å²) < 4.78 is 1.84. The minimum atomic E-state index is -0.0800. The van der Waals surface area contributed by atoms with Gasteiger partial charge in [0.2, 0.25) is 5.91 Å². The van der Waals surface area contributed by atoms with Gasteiger partial charge in [-0.3, -0.25) is 9.59 Å². The molecule has 6 nitrogen and oxygen atoms in total. The van der Waals surface area contributed by atoms with E-state index in [1.807, 2.05) is 77.6 Å². The maximum absolute atomic E-state index is 13.3. The number of hydrogen-bond donors (Lipinski definition) is 0. The van der Waals surface area contributed by atoms with Crippen molar-refractivity contribution >= 4 is 29.1 Å².